The summed E-state index contributed by atoms with van der Waals surface area (Å²) in [6.45, 7) is 1.72. The smallest absolute Gasteiger partial charge is 0.280 e. The van der Waals surface area contributed by atoms with Crippen LogP contribution in [0.3, 0.4) is 0 Å². The Balaban J connectivity index is 2.34. The van der Waals surface area contributed by atoms with E-state index in [-0.39, 0.29) is 5.03 Å². The third-order valence-corrected chi connectivity index (χ3v) is 4.69. The summed E-state index contributed by atoms with van der Waals surface area (Å²) in [6.07, 6.45) is 4.47. The number of rotatable bonds is 4. The maximum absolute atomic E-state index is 12.3. The van der Waals surface area contributed by atoms with Crippen LogP contribution in [0.5, 0.6) is 0 Å². The molecule has 0 aliphatic heterocycles. The predicted octanol–water partition coefficient (Wildman–Crippen LogP) is 1.89. The van der Waals surface area contributed by atoms with Crippen molar-refractivity contribution >= 4 is 31.1 Å². The molecule has 2 aromatic rings. The summed E-state index contributed by atoms with van der Waals surface area (Å²) in [5, 5.41) is -0.0513. The zero-order chi connectivity index (χ0) is 16.5. The minimum atomic E-state index is -3.77. The van der Waals surface area contributed by atoms with Gasteiger partial charge in [0, 0.05) is 35.5 Å². The molecule has 0 aliphatic carbocycles. The molecule has 22 heavy (non-hydrogen) atoms. The molecular formula is C13H18N4O3S2. The monoisotopic (exact) mass is 342 g/mol. The first-order valence-corrected chi connectivity index (χ1v) is 10.2. The van der Waals surface area contributed by atoms with E-state index in [4.69, 9.17) is 0 Å². The second-order valence-corrected chi connectivity index (χ2v) is 9.34. The molecule has 0 saturated heterocycles. The topological polar surface area (TPSA) is 93.4 Å². The van der Waals surface area contributed by atoms with Crippen molar-refractivity contribution in [1.82, 2.24) is 9.55 Å². The maximum atomic E-state index is 12.3. The Hall–Kier alpha value is -1.87. The summed E-state index contributed by atoms with van der Waals surface area (Å²) in [5.41, 5.74) is 0.792. The van der Waals surface area contributed by atoms with Gasteiger partial charge in [0.2, 0.25) is 0 Å². The van der Waals surface area contributed by atoms with Gasteiger partial charge in [-0.2, -0.15) is 12.8 Å². The summed E-state index contributed by atoms with van der Waals surface area (Å²) in [6, 6.07) is 6.43. The van der Waals surface area contributed by atoms with Crippen molar-refractivity contribution in [3.05, 3.63) is 36.3 Å². The molecule has 1 aromatic heterocycles. The van der Waals surface area contributed by atoms with Crippen molar-refractivity contribution in [2.75, 3.05) is 17.2 Å². The van der Waals surface area contributed by atoms with Crippen LogP contribution < -0.4 is 4.72 Å². The number of hydrogen-bond acceptors (Lipinski definition) is 5. The Morgan fingerprint density at radius 3 is 2.45 bits per heavy atom. The first-order chi connectivity index (χ1) is 10.1. The maximum Gasteiger partial charge on any atom is 0.280 e. The molecule has 0 fully saturated rings. The van der Waals surface area contributed by atoms with E-state index in [9.17, 15) is 12.6 Å². The average Bonchev–Trinajstić information content (AvgIpc) is 2.68. The number of aromatic nitrogens is 2. The largest absolute Gasteiger partial charge is 0.337 e. The first kappa shape index (κ1) is 16.5. The standard InChI is InChI=1S/C13H18N4O3S2/c1-10-14-13(9-17(10)2)22(19,20)16-12-7-5-6-11(8-12)15-21(3,4)18/h5-9,16H,1-4H3. The third kappa shape index (κ3) is 4.08. The lowest BCUT2D eigenvalue weighted by Crippen LogP contribution is -2.13. The fourth-order valence-electron chi connectivity index (χ4n) is 1.74. The van der Waals surface area contributed by atoms with E-state index >= 15 is 0 Å². The normalized spacial score (nSPS) is 12.2. The zero-order valence-corrected chi connectivity index (χ0v) is 14.4. The molecule has 1 heterocycles. The fraction of sp³-hybridized carbons (Fsp3) is 0.308. The van der Waals surface area contributed by atoms with E-state index < -0.39 is 19.8 Å². The summed E-state index contributed by atoms with van der Waals surface area (Å²) in [5.74, 6) is 0.598. The lowest BCUT2D eigenvalue weighted by atomic mass is 10.3. The summed E-state index contributed by atoms with van der Waals surface area (Å²) >= 11 is 0. The molecular weight excluding hydrogens is 324 g/mol. The number of aryl methyl sites for hydroxylation is 2. The van der Waals surface area contributed by atoms with Gasteiger partial charge in [0.1, 0.15) is 5.82 Å². The van der Waals surface area contributed by atoms with Crippen molar-refractivity contribution in [3.63, 3.8) is 0 Å². The molecule has 0 unspecified atom stereocenters. The van der Waals surface area contributed by atoms with Gasteiger partial charge >= 0.3 is 0 Å². The molecule has 2 rings (SSSR count). The van der Waals surface area contributed by atoms with Crippen LogP contribution in [-0.2, 0) is 26.8 Å². The van der Waals surface area contributed by atoms with Crippen LogP contribution in [0, 0.1) is 6.92 Å². The molecule has 1 N–H and O–H groups in total. The number of nitrogens with one attached hydrogen (secondary N) is 1. The minimum absolute atomic E-state index is 0.0513. The number of benzene rings is 1. The molecule has 120 valence electrons. The highest BCUT2D eigenvalue weighted by Crippen LogP contribution is 2.21. The quantitative estimate of drug-likeness (QED) is 0.918. The molecule has 0 atom stereocenters. The van der Waals surface area contributed by atoms with Gasteiger partial charge in [-0.15, -0.1) is 0 Å². The van der Waals surface area contributed by atoms with E-state index in [1.807, 2.05) is 0 Å². The molecule has 1 aromatic carbocycles. The van der Waals surface area contributed by atoms with Gasteiger partial charge in [-0.1, -0.05) is 6.07 Å². The number of imidazole rings is 1. The lowest BCUT2D eigenvalue weighted by molar-refractivity contribution is 0.598. The molecule has 0 saturated carbocycles. The lowest BCUT2D eigenvalue weighted by Gasteiger charge is -2.06. The van der Waals surface area contributed by atoms with E-state index in [1.54, 1.807) is 36.7 Å². The van der Waals surface area contributed by atoms with Crippen LogP contribution in [0.2, 0.25) is 0 Å². The van der Waals surface area contributed by atoms with Gasteiger partial charge in [0.25, 0.3) is 10.0 Å². The Morgan fingerprint density at radius 1 is 1.23 bits per heavy atom. The Labute approximate surface area is 130 Å². The SMILES string of the molecule is Cc1nc(S(=O)(=O)Nc2cccc(N=S(C)(C)=O)c2)cn1C. The minimum Gasteiger partial charge on any atom is -0.337 e. The fourth-order valence-corrected chi connectivity index (χ4v) is 3.46. The second-order valence-electron chi connectivity index (χ2n) is 5.17. The third-order valence-electron chi connectivity index (χ3n) is 2.79. The van der Waals surface area contributed by atoms with Crippen molar-refractivity contribution < 1.29 is 12.6 Å². The van der Waals surface area contributed by atoms with Gasteiger partial charge in [0.15, 0.2) is 5.03 Å². The summed E-state index contributed by atoms with van der Waals surface area (Å²) < 4.78 is 44.4. The van der Waals surface area contributed by atoms with E-state index in [0.29, 0.717) is 17.2 Å². The van der Waals surface area contributed by atoms with Crippen molar-refractivity contribution in [2.45, 2.75) is 11.9 Å². The zero-order valence-electron chi connectivity index (χ0n) is 12.8. The molecule has 0 amide bonds. The van der Waals surface area contributed by atoms with Crippen molar-refractivity contribution in [2.24, 2.45) is 11.4 Å². The highest BCUT2D eigenvalue weighted by molar-refractivity contribution is 7.92. The number of hydrogen-bond donors (Lipinski definition) is 1. The van der Waals surface area contributed by atoms with Gasteiger partial charge in [-0.3, -0.25) is 4.72 Å². The molecule has 0 spiro atoms. The van der Waals surface area contributed by atoms with Crippen LogP contribution in [0.4, 0.5) is 11.4 Å². The van der Waals surface area contributed by atoms with Crippen molar-refractivity contribution in [1.29, 1.82) is 0 Å². The molecule has 9 heteroatoms. The second kappa shape index (κ2) is 5.73. The van der Waals surface area contributed by atoms with Gasteiger partial charge < -0.3 is 4.57 Å². The highest BCUT2D eigenvalue weighted by atomic mass is 32.2. The van der Waals surface area contributed by atoms with Gasteiger partial charge in [-0.05, 0) is 25.1 Å². The van der Waals surface area contributed by atoms with Gasteiger partial charge in [-0.25, -0.2) is 9.19 Å². The number of anilines is 1. The van der Waals surface area contributed by atoms with E-state index in [2.05, 4.69) is 14.1 Å². The van der Waals surface area contributed by atoms with Crippen LogP contribution in [-0.4, -0.2) is 34.7 Å². The summed E-state index contributed by atoms with van der Waals surface area (Å²) in [7, 11) is -4.36. The molecule has 7 nitrogen and oxygen atoms in total. The Morgan fingerprint density at radius 2 is 1.91 bits per heavy atom. The number of nitrogens with zero attached hydrogens (tertiary/aromatic N) is 3. The Kier molecular flexibility index (Phi) is 4.30. The van der Waals surface area contributed by atoms with E-state index in [1.165, 1.54) is 24.8 Å². The molecule has 0 aliphatic rings. The van der Waals surface area contributed by atoms with Crippen LogP contribution in [0.15, 0.2) is 39.9 Å². The van der Waals surface area contributed by atoms with Crippen LogP contribution in [0.25, 0.3) is 0 Å². The highest BCUT2D eigenvalue weighted by Gasteiger charge is 2.18. The van der Waals surface area contributed by atoms with E-state index in [0.717, 1.165) is 0 Å². The van der Waals surface area contributed by atoms with Crippen LogP contribution >= 0.6 is 0 Å². The summed E-state index contributed by atoms with van der Waals surface area (Å²) in [4.78, 5) is 4.00. The predicted molar refractivity (Wildman–Crippen MR) is 87.3 cm³/mol. The molecule has 0 radical (unpaired) electrons. The van der Waals surface area contributed by atoms with Gasteiger partial charge in [0.05, 0.1) is 11.4 Å². The number of sulfonamides is 1. The first-order valence-electron chi connectivity index (χ1n) is 6.37. The molecule has 0 bridgehead atoms. The average molecular weight is 342 g/mol. The Bertz CT molecular complexity index is 895. The van der Waals surface area contributed by atoms with Crippen molar-refractivity contribution in [3.8, 4) is 0 Å². The van der Waals surface area contributed by atoms with Crippen LogP contribution in [0.1, 0.15) is 5.82 Å².